The van der Waals surface area contributed by atoms with E-state index in [1.54, 1.807) is 0 Å². The Morgan fingerprint density at radius 2 is 2.00 bits per heavy atom. The van der Waals surface area contributed by atoms with E-state index in [-0.39, 0.29) is 20.7 Å². The molecule has 0 radical (unpaired) electrons. The van der Waals surface area contributed by atoms with Crippen molar-refractivity contribution in [2.75, 3.05) is 0 Å². The van der Waals surface area contributed by atoms with Gasteiger partial charge in [0, 0.05) is 0 Å². The molecule has 1 aliphatic rings. The summed E-state index contributed by atoms with van der Waals surface area (Å²) >= 11 is 5.69. The third kappa shape index (κ3) is 2.17. The largest absolute Gasteiger partial charge is 0.478 e. The Morgan fingerprint density at radius 1 is 1.35 bits per heavy atom. The summed E-state index contributed by atoms with van der Waals surface area (Å²) in [4.78, 5) is 10.9. The molecule has 0 spiro atoms. The van der Waals surface area contributed by atoms with Crippen LogP contribution in [0.15, 0.2) is 23.1 Å². The van der Waals surface area contributed by atoms with Gasteiger partial charge in [-0.1, -0.05) is 18.0 Å². The SMILES string of the molecule is O=C(O)c1cc(S(=O)(=O)C2CCC2)ccc1Cl. The van der Waals surface area contributed by atoms with Crippen LogP contribution in [0.1, 0.15) is 29.6 Å². The Labute approximate surface area is 104 Å². The second-order valence-electron chi connectivity index (χ2n) is 4.04. The Bertz CT molecular complexity index is 561. The second-order valence-corrected chi connectivity index (χ2v) is 6.68. The van der Waals surface area contributed by atoms with E-state index >= 15 is 0 Å². The van der Waals surface area contributed by atoms with Crippen LogP contribution >= 0.6 is 11.6 Å². The van der Waals surface area contributed by atoms with Crippen LogP contribution in [-0.4, -0.2) is 24.7 Å². The zero-order valence-corrected chi connectivity index (χ0v) is 10.5. The van der Waals surface area contributed by atoms with Crippen LogP contribution in [0.4, 0.5) is 0 Å². The lowest BCUT2D eigenvalue weighted by Crippen LogP contribution is -2.28. The van der Waals surface area contributed by atoms with E-state index in [2.05, 4.69) is 0 Å². The molecule has 0 aliphatic heterocycles. The van der Waals surface area contributed by atoms with E-state index in [1.807, 2.05) is 0 Å². The molecule has 0 aromatic heterocycles. The van der Waals surface area contributed by atoms with Crippen LogP contribution in [-0.2, 0) is 9.84 Å². The van der Waals surface area contributed by atoms with Crippen molar-refractivity contribution in [3.8, 4) is 0 Å². The summed E-state index contributed by atoms with van der Waals surface area (Å²) < 4.78 is 24.1. The molecule has 1 aliphatic carbocycles. The highest BCUT2D eigenvalue weighted by molar-refractivity contribution is 7.92. The molecule has 6 heteroatoms. The summed E-state index contributed by atoms with van der Waals surface area (Å²) in [6.07, 6.45) is 2.20. The minimum Gasteiger partial charge on any atom is -0.478 e. The molecule has 1 N–H and O–H groups in total. The first-order valence-electron chi connectivity index (χ1n) is 5.19. The van der Waals surface area contributed by atoms with E-state index < -0.39 is 15.8 Å². The van der Waals surface area contributed by atoms with E-state index in [0.717, 1.165) is 12.5 Å². The number of carboxylic acids is 1. The summed E-state index contributed by atoms with van der Waals surface area (Å²) in [5, 5.41) is 8.56. The van der Waals surface area contributed by atoms with Gasteiger partial charge < -0.3 is 5.11 Å². The Morgan fingerprint density at radius 3 is 2.47 bits per heavy atom. The van der Waals surface area contributed by atoms with Gasteiger partial charge in [0.1, 0.15) is 0 Å². The van der Waals surface area contributed by atoms with Gasteiger partial charge in [0.05, 0.1) is 20.7 Å². The minimum absolute atomic E-state index is 0.0454. The van der Waals surface area contributed by atoms with Gasteiger partial charge in [-0.3, -0.25) is 0 Å². The average Bonchev–Trinajstić information content (AvgIpc) is 2.13. The normalized spacial score (nSPS) is 16.5. The second kappa shape index (κ2) is 4.31. The van der Waals surface area contributed by atoms with Crippen molar-refractivity contribution in [1.29, 1.82) is 0 Å². The molecule has 0 unspecified atom stereocenters. The molecular formula is C11H11ClO4S. The van der Waals surface area contributed by atoms with Gasteiger partial charge >= 0.3 is 5.97 Å². The van der Waals surface area contributed by atoms with Crippen LogP contribution < -0.4 is 0 Å². The summed E-state index contributed by atoms with van der Waals surface area (Å²) in [6.45, 7) is 0. The molecule has 4 nitrogen and oxygen atoms in total. The maximum absolute atomic E-state index is 12.1. The van der Waals surface area contributed by atoms with Crippen molar-refractivity contribution in [2.45, 2.75) is 29.4 Å². The van der Waals surface area contributed by atoms with Crippen LogP contribution in [0, 0.1) is 0 Å². The maximum atomic E-state index is 12.1. The number of hydrogen-bond acceptors (Lipinski definition) is 3. The molecule has 1 saturated carbocycles. The first-order chi connectivity index (χ1) is 7.93. The molecule has 1 aromatic rings. The number of sulfone groups is 1. The summed E-state index contributed by atoms with van der Waals surface area (Å²) in [6, 6.07) is 3.82. The Hall–Kier alpha value is -1.07. The highest BCUT2D eigenvalue weighted by atomic mass is 35.5. The van der Waals surface area contributed by atoms with Crippen molar-refractivity contribution in [3.05, 3.63) is 28.8 Å². The Balaban J connectivity index is 2.46. The van der Waals surface area contributed by atoms with Gasteiger partial charge in [-0.05, 0) is 31.0 Å². The predicted octanol–water partition coefficient (Wildman–Crippen LogP) is 2.36. The van der Waals surface area contributed by atoms with Crippen molar-refractivity contribution in [1.82, 2.24) is 0 Å². The molecule has 92 valence electrons. The topological polar surface area (TPSA) is 71.4 Å². The molecule has 0 heterocycles. The first-order valence-corrected chi connectivity index (χ1v) is 7.12. The Kier molecular flexibility index (Phi) is 3.14. The monoisotopic (exact) mass is 274 g/mol. The molecule has 0 atom stereocenters. The van der Waals surface area contributed by atoms with Gasteiger partial charge in [0.2, 0.25) is 0 Å². The number of carbonyl (C=O) groups is 1. The van der Waals surface area contributed by atoms with Crippen LogP contribution in [0.5, 0.6) is 0 Å². The van der Waals surface area contributed by atoms with Gasteiger partial charge in [-0.25, -0.2) is 13.2 Å². The quantitative estimate of drug-likeness (QED) is 0.918. The lowest BCUT2D eigenvalue weighted by molar-refractivity contribution is 0.0697. The highest BCUT2D eigenvalue weighted by Crippen LogP contribution is 2.32. The maximum Gasteiger partial charge on any atom is 0.337 e. The fourth-order valence-electron chi connectivity index (χ4n) is 1.72. The molecular weight excluding hydrogens is 264 g/mol. The van der Waals surface area contributed by atoms with Crippen LogP contribution in [0.3, 0.4) is 0 Å². The first kappa shape index (κ1) is 12.4. The number of hydrogen-bond donors (Lipinski definition) is 1. The number of rotatable bonds is 3. The van der Waals surface area contributed by atoms with Gasteiger partial charge in [0.25, 0.3) is 0 Å². The number of benzene rings is 1. The zero-order chi connectivity index (χ0) is 12.6. The van der Waals surface area contributed by atoms with E-state index in [0.29, 0.717) is 12.8 Å². The standard InChI is InChI=1S/C11H11ClO4S/c12-10-5-4-8(6-9(10)11(13)14)17(15,16)7-2-1-3-7/h4-7H,1-3H2,(H,13,14). The highest BCUT2D eigenvalue weighted by Gasteiger charge is 2.33. The van der Waals surface area contributed by atoms with Crippen LogP contribution in [0.2, 0.25) is 5.02 Å². The smallest absolute Gasteiger partial charge is 0.337 e. The average molecular weight is 275 g/mol. The third-order valence-corrected chi connectivity index (χ3v) is 5.58. The fourth-order valence-corrected chi connectivity index (χ4v) is 3.80. The van der Waals surface area contributed by atoms with E-state index in [1.165, 1.54) is 12.1 Å². The molecule has 1 aromatic carbocycles. The molecule has 0 amide bonds. The lowest BCUT2D eigenvalue weighted by Gasteiger charge is -2.25. The predicted molar refractivity (Wildman–Crippen MR) is 63.2 cm³/mol. The summed E-state index contributed by atoms with van der Waals surface area (Å²) in [5.74, 6) is -1.22. The third-order valence-electron chi connectivity index (χ3n) is 2.99. The van der Waals surface area contributed by atoms with Gasteiger partial charge in [-0.15, -0.1) is 0 Å². The van der Waals surface area contributed by atoms with Crippen molar-refractivity contribution in [2.24, 2.45) is 0 Å². The zero-order valence-electron chi connectivity index (χ0n) is 8.89. The van der Waals surface area contributed by atoms with Gasteiger partial charge in [0.15, 0.2) is 9.84 Å². The molecule has 0 bridgehead atoms. The van der Waals surface area contributed by atoms with E-state index in [4.69, 9.17) is 16.7 Å². The number of aromatic carboxylic acids is 1. The number of carboxylic acid groups (broad SMARTS) is 1. The minimum atomic E-state index is -3.40. The summed E-state index contributed by atoms with van der Waals surface area (Å²) in [7, 11) is -3.40. The van der Waals surface area contributed by atoms with Crippen LogP contribution in [0.25, 0.3) is 0 Å². The van der Waals surface area contributed by atoms with Crippen molar-refractivity contribution in [3.63, 3.8) is 0 Å². The molecule has 0 saturated heterocycles. The van der Waals surface area contributed by atoms with Gasteiger partial charge in [-0.2, -0.15) is 0 Å². The van der Waals surface area contributed by atoms with E-state index in [9.17, 15) is 13.2 Å². The van der Waals surface area contributed by atoms with Crippen molar-refractivity contribution < 1.29 is 18.3 Å². The number of halogens is 1. The lowest BCUT2D eigenvalue weighted by atomic mass is 10.00. The molecule has 17 heavy (non-hydrogen) atoms. The molecule has 2 rings (SSSR count). The fraction of sp³-hybridized carbons (Fsp3) is 0.364. The summed E-state index contributed by atoms with van der Waals surface area (Å²) in [5.41, 5.74) is -0.174. The van der Waals surface area contributed by atoms with Crippen molar-refractivity contribution >= 4 is 27.4 Å². The molecule has 1 fully saturated rings.